The minimum absolute atomic E-state index is 0. The van der Waals surface area contributed by atoms with E-state index in [1.165, 1.54) is 16.4 Å². The Hall–Kier alpha value is -0.210. The normalized spacial score (nSPS) is 16.5. The third kappa shape index (κ3) is 4.41. The van der Waals surface area contributed by atoms with Crippen molar-refractivity contribution in [3.05, 3.63) is 28.5 Å². The van der Waals surface area contributed by atoms with Crippen LogP contribution in [0.15, 0.2) is 27.6 Å². The average molecular weight is 416 g/mol. The van der Waals surface area contributed by atoms with Gasteiger partial charge in [0.2, 0.25) is 10.0 Å². The van der Waals surface area contributed by atoms with Gasteiger partial charge in [0.25, 0.3) is 0 Å². The molecule has 1 aliphatic rings. The zero-order chi connectivity index (χ0) is 15.5. The monoisotopic (exact) mass is 414 g/mol. The van der Waals surface area contributed by atoms with E-state index in [1.807, 2.05) is 6.92 Å². The van der Waals surface area contributed by atoms with Crippen LogP contribution in [0.2, 0.25) is 0 Å². The fourth-order valence-electron chi connectivity index (χ4n) is 2.59. The zero-order valence-corrected chi connectivity index (χ0v) is 15.6. The van der Waals surface area contributed by atoms with E-state index in [-0.39, 0.29) is 27.8 Å². The molecule has 0 radical (unpaired) electrons. The standard InChI is InChI=1S/C14H20BrFN2O2S.ClH/c1-2-9-18(11-5-7-17-8-6-11)21(19,20)12-3-4-13(15)14(16)10-12;/h3-4,10-11,17H,2,5-9H2,1H3;1H. The van der Waals surface area contributed by atoms with Gasteiger partial charge in [-0.15, -0.1) is 12.4 Å². The van der Waals surface area contributed by atoms with Crippen molar-refractivity contribution >= 4 is 38.4 Å². The molecule has 0 amide bonds. The van der Waals surface area contributed by atoms with Gasteiger partial charge in [0.05, 0.1) is 9.37 Å². The summed E-state index contributed by atoms with van der Waals surface area (Å²) in [7, 11) is -3.66. The summed E-state index contributed by atoms with van der Waals surface area (Å²) in [5.74, 6) is -0.558. The number of piperidine rings is 1. The van der Waals surface area contributed by atoms with Gasteiger partial charge in [-0.1, -0.05) is 6.92 Å². The highest BCUT2D eigenvalue weighted by Crippen LogP contribution is 2.25. The average Bonchev–Trinajstić information content (AvgIpc) is 2.48. The van der Waals surface area contributed by atoms with Crippen LogP contribution in [0.3, 0.4) is 0 Å². The van der Waals surface area contributed by atoms with E-state index in [0.29, 0.717) is 6.54 Å². The summed E-state index contributed by atoms with van der Waals surface area (Å²) in [6.07, 6.45) is 2.32. The lowest BCUT2D eigenvalue weighted by Crippen LogP contribution is -2.46. The second-order valence-electron chi connectivity index (χ2n) is 5.17. The zero-order valence-electron chi connectivity index (χ0n) is 12.4. The third-order valence-electron chi connectivity index (χ3n) is 3.66. The molecule has 0 bridgehead atoms. The van der Waals surface area contributed by atoms with Crippen molar-refractivity contribution in [3.8, 4) is 0 Å². The molecule has 1 fully saturated rings. The fraction of sp³-hybridized carbons (Fsp3) is 0.571. The van der Waals surface area contributed by atoms with E-state index < -0.39 is 15.8 Å². The summed E-state index contributed by atoms with van der Waals surface area (Å²) in [5, 5.41) is 3.23. The fourth-order valence-corrected chi connectivity index (χ4v) is 4.62. The van der Waals surface area contributed by atoms with Gasteiger partial charge in [-0.25, -0.2) is 12.8 Å². The smallest absolute Gasteiger partial charge is 0.243 e. The topological polar surface area (TPSA) is 49.4 Å². The Kier molecular flexibility index (Phi) is 7.74. The maximum absolute atomic E-state index is 13.7. The number of halogens is 3. The first kappa shape index (κ1) is 19.8. The first-order chi connectivity index (χ1) is 9.96. The van der Waals surface area contributed by atoms with Crippen LogP contribution in [0, 0.1) is 5.82 Å². The van der Waals surface area contributed by atoms with E-state index in [9.17, 15) is 12.8 Å². The molecule has 2 rings (SSSR count). The maximum atomic E-state index is 13.7. The molecule has 0 aliphatic carbocycles. The Balaban J connectivity index is 0.00000242. The highest BCUT2D eigenvalue weighted by Gasteiger charge is 2.32. The maximum Gasteiger partial charge on any atom is 0.243 e. The first-order valence-corrected chi connectivity index (χ1v) is 9.37. The number of hydrogen-bond donors (Lipinski definition) is 1. The summed E-state index contributed by atoms with van der Waals surface area (Å²) in [5.41, 5.74) is 0. The number of benzene rings is 1. The van der Waals surface area contributed by atoms with E-state index in [2.05, 4.69) is 21.2 Å². The van der Waals surface area contributed by atoms with Crippen LogP contribution in [0.25, 0.3) is 0 Å². The molecular formula is C14H21BrClFN2O2S. The Morgan fingerprint density at radius 2 is 2.00 bits per heavy atom. The van der Waals surface area contributed by atoms with Gasteiger partial charge in [0, 0.05) is 12.6 Å². The third-order valence-corrected chi connectivity index (χ3v) is 6.25. The van der Waals surface area contributed by atoms with Crippen LogP contribution < -0.4 is 5.32 Å². The van der Waals surface area contributed by atoms with Crippen molar-refractivity contribution in [2.24, 2.45) is 0 Å². The number of hydrogen-bond acceptors (Lipinski definition) is 3. The lowest BCUT2D eigenvalue weighted by Gasteiger charge is -2.33. The Labute approximate surface area is 146 Å². The summed E-state index contributed by atoms with van der Waals surface area (Å²) >= 11 is 3.05. The SMILES string of the molecule is CCCN(C1CCNCC1)S(=O)(=O)c1ccc(Br)c(F)c1.Cl. The number of nitrogens with one attached hydrogen (secondary N) is 1. The molecule has 0 saturated carbocycles. The van der Waals surface area contributed by atoms with Gasteiger partial charge < -0.3 is 5.32 Å². The van der Waals surface area contributed by atoms with Crippen LogP contribution in [0.4, 0.5) is 4.39 Å². The molecule has 1 aromatic rings. The van der Waals surface area contributed by atoms with Gasteiger partial charge in [-0.3, -0.25) is 0 Å². The molecule has 0 aromatic heterocycles. The molecule has 1 heterocycles. The molecule has 0 unspecified atom stereocenters. The lowest BCUT2D eigenvalue weighted by atomic mass is 10.1. The molecule has 0 atom stereocenters. The summed E-state index contributed by atoms with van der Waals surface area (Å²) in [6, 6.07) is 3.97. The molecule has 8 heteroatoms. The van der Waals surface area contributed by atoms with E-state index in [4.69, 9.17) is 0 Å². The summed E-state index contributed by atoms with van der Waals surface area (Å²) < 4.78 is 41.1. The first-order valence-electron chi connectivity index (χ1n) is 7.14. The molecule has 1 aliphatic heterocycles. The molecule has 1 aromatic carbocycles. The summed E-state index contributed by atoms with van der Waals surface area (Å²) in [4.78, 5) is 0.0233. The Bertz CT molecular complexity index is 595. The molecule has 126 valence electrons. The van der Waals surface area contributed by atoms with Crippen molar-refractivity contribution in [2.45, 2.75) is 37.1 Å². The van der Waals surface area contributed by atoms with Gasteiger partial charge in [-0.05, 0) is 66.5 Å². The van der Waals surface area contributed by atoms with Crippen LogP contribution in [0.5, 0.6) is 0 Å². The minimum Gasteiger partial charge on any atom is -0.317 e. The van der Waals surface area contributed by atoms with Crippen LogP contribution in [-0.4, -0.2) is 38.4 Å². The highest BCUT2D eigenvalue weighted by atomic mass is 79.9. The second-order valence-corrected chi connectivity index (χ2v) is 7.92. The van der Waals surface area contributed by atoms with Crippen molar-refractivity contribution in [3.63, 3.8) is 0 Å². The quantitative estimate of drug-likeness (QED) is 0.803. The molecule has 1 saturated heterocycles. The van der Waals surface area contributed by atoms with Gasteiger partial charge >= 0.3 is 0 Å². The van der Waals surface area contributed by atoms with Crippen molar-refractivity contribution in [2.75, 3.05) is 19.6 Å². The highest BCUT2D eigenvalue weighted by molar-refractivity contribution is 9.10. The molecule has 22 heavy (non-hydrogen) atoms. The lowest BCUT2D eigenvalue weighted by molar-refractivity contribution is 0.262. The molecule has 4 nitrogen and oxygen atoms in total. The van der Waals surface area contributed by atoms with Crippen molar-refractivity contribution < 1.29 is 12.8 Å². The number of sulfonamides is 1. The van der Waals surface area contributed by atoms with E-state index in [1.54, 1.807) is 0 Å². The van der Waals surface area contributed by atoms with Crippen LogP contribution in [0.1, 0.15) is 26.2 Å². The van der Waals surface area contributed by atoms with E-state index >= 15 is 0 Å². The van der Waals surface area contributed by atoms with Gasteiger partial charge in [0.15, 0.2) is 0 Å². The summed E-state index contributed by atoms with van der Waals surface area (Å²) in [6.45, 7) is 4.04. The van der Waals surface area contributed by atoms with Gasteiger partial charge in [0.1, 0.15) is 5.82 Å². The largest absolute Gasteiger partial charge is 0.317 e. The molecular weight excluding hydrogens is 395 g/mol. The number of rotatable bonds is 5. The Morgan fingerprint density at radius 3 is 2.55 bits per heavy atom. The van der Waals surface area contributed by atoms with Crippen LogP contribution in [-0.2, 0) is 10.0 Å². The van der Waals surface area contributed by atoms with Crippen molar-refractivity contribution in [1.29, 1.82) is 0 Å². The predicted molar refractivity (Wildman–Crippen MR) is 91.4 cm³/mol. The van der Waals surface area contributed by atoms with E-state index in [0.717, 1.165) is 38.4 Å². The van der Waals surface area contributed by atoms with Gasteiger partial charge in [-0.2, -0.15) is 4.31 Å². The molecule has 0 spiro atoms. The van der Waals surface area contributed by atoms with Crippen LogP contribution >= 0.6 is 28.3 Å². The minimum atomic E-state index is -3.66. The van der Waals surface area contributed by atoms with Crippen molar-refractivity contribution in [1.82, 2.24) is 9.62 Å². The number of nitrogens with zero attached hydrogens (tertiary/aromatic N) is 1. The molecule has 1 N–H and O–H groups in total. The Morgan fingerprint density at radius 1 is 1.36 bits per heavy atom. The predicted octanol–water partition coefficient (Wildman–Crippen LogP) is 3.16. The second kappa shape index (κ2) is 8.59.